The van der Waals surface area contributed by atoms with Gasteiger partial charge in [0, 0.05) is 19.4 Å². The molecule has 7 heteroatoms. The van der Waals surface area contributed by atoms with Gasteiger partial charge in [-0.25, -0.2) is 9.78 Å². The number of halogens is 1. The molecule has 0 saturated heterocycles. The molecule has 1 aromatic rings. The first-order valence-electron chi connectivity index (χ1n) is 8.27. The molecule has 6 nitrogen and oxygen atoms in total. The van der Waals surface area contributed by atoms with E-state index in [1.807, 2.05) is 6.92 Å². The summed E-state index contributed by atoms with van der Waals surface area (Å²) >= 11 is 3.26. The van der Waals surface area contributed by atoms with Gasteiger partial charge >= 0.3 is 6.09 Å². The first-order valence-corrected chi connectivity index (χ1v) is 9.06. The van der Waals surface area contributed by atoms with E-state index in [2.05, 4.69) is 26.2 Å². The van der Waals surface area contributed by atoms with Gasteiger partial charge in [-0.2, -0.15) is 0 Å². The molecular weight excluding hydrogens is 376 g/mol. The quantitative estimate of drug-likeness (QED) is 0.428. The maximum atomic E-state index is 11.7. The zero-order valence-corrected chi connectivity index (χ0v) is 15.6. The van der Waals surface area contributed by atoms with Crippen molar-refractivity contribution in [2.24, 2.45) is 0 Å². The third-order valence-corrected chi connectivity index (χ3v) is 4.33. The van der Waals surface area contributed by atoms with Crippen LogP contribution in [0.25, 0.3) is 0 Å². The van der Waals surface area contributed by atoms with Gasteiger partial charge in [-0.05, 0) is 47.3 Å². The Morgan fingerprint density at radius 3 is 2.88 bits per heavy atom. The van der Waals surface area contributed by atoms with Crippen molar-refractivity contribution >= 4 is 27.8 Å². The second kappa shape index (κ2) is 9.01. The number of ketones is 1. The average molecular weight is 399 g/mol. The van der Waals surface area contributed by atoms with Crippen LogP contribution in [0.4, 0.5) is 4.79 Å². The molecule has 0 unspecified atom stereocenters. The highest BCUT2D eigenvalue weighted by molar-refractivity contribution is 9.10. The summed E-state index contributed by atoms with van der Waals surface area (Å²) in [6, 6.07) is 3.53. The summed E-state index contributed by atoms with van der Waals surface area (Å²) in [6.07, 6.45) is 3.77. The Morgan fingerprint density at radius 2 is 2.17 bits per heavy atom. The fourth-order valence-electron chi connectivity index (χ4n) is 2.65. The molecule has 1 aliphatic carbocycles. The van der Waals surface area contributed by atoms with Crippen molar-refractivity contribution in [1.29, 1.82) is 0 Å². The van der Waals surface area contributed by atoms with E-state index < -0.39 is 0 Å². The lowest BCUT2D eigenvalue weighted by Crippen LogP contribution is -2.34. The van der Waals surface area contributed by atoms with Crippen LogP contribution in [0, 0.1) is 0 Å². The van der Waals surface area contributed by atoms with Crippen LogP contribution in [-0.2, 0) is 4.74 Å². The number of hydrogen-bond donors (Lipinski definition) is 1. The number of rotatable bonds is 7. The Morgan fingerprint density at radius 1 is 1.38 bits per heavy atom. The fraction of sp³-hybridized carbons (Fsp3) is 0.588. The average Bonchev–Trinajstić information content (AvgIpc) is 2.96. The maximum absolute atomic E-state index is 11.7. The van der Waals surface area contributed by atoms with Crippen molar-refractivity contribution < 1.29 is 19.1 Å². The Kier molecular flexibility index (Phi) is 7.02. The standard InChI is InChI=1S/C17H23BrN2O4/c1-3-4-9-23-17(22)19-12-5-6-13(10-12)24-14-7-8-15(18)20-16(14)11(2)21/h7-8,12-13H,3-6,9-10H2,1-2H3,(H,19,22)/t12-,13+/m0/s1. The van der Waals surface area contributed by atoms with Gasteiger partial charge in [-0.1, -0.05) is 13.3 Å². The van der Waals surface area contributed by atoms with Crippen LogP contribution in [0.15, 0.2) is 16.7 Å². The predicted molar refractivity (Wildman–Crippen MR) is 93.4 cm³/mol. The summed E-state index contributed by atoms with van der Waals surface area (Å²) < 4.78 is 11.6. The molecular formula is C17H23BrN2O4. The van der Waals surface area contributed by atoms with Crippen LogP contribution < -0.4 is 10.1 Å². The van der Waals surface area contributed by atoms with Gasteiger partial charge in [0.15, 0.2) is 5.78 Å². The summed E-state index contributed by atoms with van der Waals surface area (Å²) in [4.78, 5) is 27.6. The highest BCUT2D eigenvalue weighted by atomic mass is 79.9. The number of alkyl carbamates (subject to hydrolysis) is 1. The number of aromatic nitrogens is 1. The van der Waals surface area contributed by atoms with E-state index in [0.29, 0.717) is 29.1 Å². The molecule has 0 bridgehead atoms. The molecule has 1 fully saturated rings. The van der Waals surface area contributed by atoms with E-state index in [1.54, 1.807) is 12.1 Å². The van der Waals surface area contributed by atoms with E-state index in [-0.39, 0.29) is 24.0 Å². The molecule has 0 spiro atoms. The van der Waals surface area contributed by atoms with Gasteiger partial charge < -0.3 is 14.8 Å². The number of amides is 1. The highest BCUT2D eigenvalue weighted by Crippen LogP contribution is 2.27. The molecule has 0 aromatic carbocycles. The van der Waals surface area contributed by atoms with E-state index in [1.165, 1.54) is 6.92 Å². The Balaban J connectivity index is 1.86. The molecule has 1 saturated carbocycles. The minimum Gasteiger partial charge on any atom is -0.488 e. The van der Waals surface area contributed by atoms with Crippen molar-refractivity contribution in [1.82, 2.24) is 10.3 Å². The van der Waals surface area contributed by atoms with Crippen molar-refractivity contribution in [3.63, 3.8) is 0 Å². The van der Waals surface area contributed by atoms with Gasteiger partial charge in [0.2, 0.25) is 0 Å². The molecule has 1 heterocycles. The Hall–Kier alpha value is -1.63. The van der Waals surface area contributed by atoms with Crippen LogP contribution in [-0.4, -0.2) is 35.6 Å². The van der Waals surface area contributed by atoms with E-state index >= 15 is 0 Å². The lowest BCUT2D eigenvalue weighted by atomic mass is 10.2. The molecule has 1 amide bonds. The number of hydrogen-bond acceptors (Lipinski definition) is 5. The molecule has 0 radical (unpaired) electrons. The number of nitrogens with one attached hydrogen (secondary N) is 1. The largest absolute Gasteiger partial charge is 0.488 e. The minimum atomic E-state index is -0.371. The topological polar surface area (TPSA) is 77.5 Å². The number of carbonyl (C=O) groups excluding carboxylic acids is 2. The molecule has 2 rings (SSSR count). The third kappa shape index (κ3) is 5.47. The van der Waals surface area contributed by atoms with Crippen LogP contribution in [0.1, 0.15) is 56.4 Å². The number of ether oxygens (including phenoxy) is 2. The van der Waals surface area contributed by atoms with Crippen molar-refractivity contribution in [2.75, 3.05) is 6.61 Å². The Bertz CT molecular complexity index is 594. The van der Waals surface area contributed by atoms with Crippen LogP contribution in [0.2, 0.25) is 0 Å². The zero-order chi connectivity index (χ0) is 17.5. The molecule has 132 valence electrons. The summed E-state index contributed by atoms with van der Waals surface area (Å²) in [7, 11) is 0. The second-order valence-corrected chi connectivity index (χ2v) is 6.73. The summed E-state index contributed by atoms with van der Waals surface area (Å²) in [5, 5.41) is 2.87. The van der Waals surface area contributed by atoms with Gasteiger partial charge in [-0.15, -0.1) is 0 Å². The molecule has 24 heavy (non-hydrogen) atoms. The van der Waals surface area contributed by atoms with Crippen LogP contribution in [0.5, 0.6) is 5.75 Å². The van der Waals surface area contributed by atoms with Gasteiger partial charge in [-0.3, -0.25) is 4.79 Å². The summed E-state index contributed by atoms with van der Waals surface area (Å²) in [5.74, 6) is 0.348. The predicted octanol–water partition coefficient (Wildman–Crippen LogP) is 3.87. The first kappa shape index (κ1) is 18.7. The molecule has 1 aliphatic rings. The van der Waals surface area contributed by atoms with Crippen molar-refractivity contribution in [3.8, 4) is 5.75 Å². The normalized spacial score (nSPS) is 19.8. The SMILES string of the molecule is CCCCOC(=O)N[C@H]1CC[C@@H](Oc2ccc(Br)nc2C(C)=O)C1. The van der Waals surface area contributed by atoms with Crippen molar-refractivity contribution in [3.05, 3.63) is 22.4 Å². The lowest BCUT2D eigenvalue weighted by Gasteiger charge is -2.16. The number of Topliss-reactive ketones (excluding diaryl/α,β-unsaturated/α-hetero) is 1. The molecule has 0 aliphatic heterocycles. The van der Waals surface area contributed by atoms with Crippen LogP contribution >= 0.6 is 15.9 Å². The minimum absolute atomic E-state index is 0.0355. The van der Waals surface area contributed by atoms with Crippen LogP contribution in [0.3, 0.4) is 0 Å². The molecule has 2 atom stereocenters. The monoisotopic (exact) mass is 398 g/mol. The number of nitrogens with zero attached hydrogens (tertiary/aromatic N) is 1. The zero-order valence-electron chi connectivity index (χ0n) is 14.0. The number of pyridine rings is 1. The first-order chi connectivity index (χ1) is 11.5. The summed E-state index contributed by atoms with van der Waals surface area (Å²) in [5.41, 5.74) is 0.319. The fourth-order valence-corrected chi connectivity index (χ4v) is 2.95. The molecule has 1 N–H and O–H groups in total. The van der Waals surface area contributed by atoms with Crippen molar-refractivity contribution in [2.45, 2.75) is 58.1 Å². The maximum Gasteiger partial charge on any atom is 0.407 e. The lowest BCUT2D eigenvalue weighted by molar-refractivity contribution is 0.100. The Labute approximate surface area is 150 Å². The number of carbonyl (C=O) groups is 2. The molecule has 1 aromatic heterocycles. The van der Waals surface area contributed by atoms with Gasteiger partial charge in [0.05, 0.1) is 6.61 Å². The third-order valence-electron chi connectivity index (χ3n) is 3.89. The second-order valence-electron chi connectivity index (χ2n) is 5.92. The van der Waals surface area contributed by atoms with Gasteiger partial charge in [0.1, 0.15) is 22.2 Å². The highest BCUT2D eigenvalue weighted by Gasteiger charge is 2.28. The number of unbranched alkanes of at least 4 members (excludes halogenated alkanes) is 1. The smallest absolute Gasteiger partial charge is 0.407 e. The van der Waals surface area contributed by atoms with E-state index in [4.69, 9.17) is 9.47 Å². The summed E-state index contributed by atoms with van der Waals surface area (Å²) in [6.45, 7) is 3.96. The van der Waals surface area contributed by atoms with E-state index in [0.717, 1.165) is 25.7 Å². The van der Waals surface area contributed by atoms with E-state index in [9.17, 15) is 9.59 Å². The van der Waals surface area contributed by atoms with Gasteiger partial charge in [0.25, 0.3) is 0 Å².